The number of benzene rings is 2. The first-order chi connectivity index (χ1) is 10.4. The summed E-state index contributed by atoms with van der Waals surface area (Å²) in [5.41, 5.74) is 0.717. The Balaban J connectivity index is 2.20. The van der Waals surface area contributed by atoms with Crippen LogP contribution in [-0.2, 0) is 16.6 Å². The van der Waals surface area contributed by atoms with E-state index in [1.807, 2.05) is 13.0 Å². The van der Waals surface area contributed by atoms with Gasteiger partial charge in [0.05, 0.1) is 16.0 Å². The van der Waals surface area contributed by atoms with Crippen molar-refractivity contribution in [2.75, 3.05) is 6.61 Å². The number of hydrogen-bond donors (Lipinski definition) is 1. The van der Waals surface area contributed by atoms with Crippen molar-refractivity contribution in [2.24, 2.45) is 0 Å². The Hall–Kier alpha value is -1.08. The third-order valence-corrected chi connectivity index (χ3v) is 5.35. The third-order valence-electron chi connectivity index (χ3n) is 2.92. The third kappa shape index (κ3) is 4.23. The molecule has 0 amide bonds. The van der Waals surface area contributed by atoms with Crippen LogP contribution in [0.5, 0.6) is 5.75 Å². The minimum Gasteiger partial charge on any atom is -0.493 e. The molecule has 2 aromatic carbocycles. The van der Waals surface area contributed by atoms with Gasteiger partial charge in [-0.3, -0.25) is 0 Å². The van der Waals surface area contributed by atoms with E-state index in [2.05, 4.69) is 20.7 Å². The molecule has 0 unspecified atom stereocenters. The fourth-order valence-corrected chi connectivity index (χ4v) is 3.40. The first-order valence-corrected chi connectivity index (χ1v) is 9.25. The molecular weight excluding hydrogens is 390 g/mol. The van der Waals surface area contributed by atoms with Gasteiger partial charge in [-0.05, 0) is 46.6 Å². The van der Waals surface area contributed by atoms with Gasteiger partial charge >= 0.3 is 0 Å². The Bertz CT molecular complexity index is 765. The smallest absolute Gasteiger partial charge is 0.241 e. The van der Waals surface area contributed by atoms with E-state index in [9.17, 15) is 8.42 Å². The zero-order valence-corrected chi connectivity index (χ0v) is 15.0. The fraction of sp³-hybridized carbons (Fsp3) is 0.200. The number of ether oxygens (including phenoxy) is 1. The normalized spacial score (nSPS) is 11.4. The number of rotatable bonds is 6. The van der Waals surface area contributed by atoms with Crippen LogP contribution in [0, 0.1) is 0 Å². The van der Waals surface area contributed by atoms with Crippen LogP contribution in [0.1, 0.15) is 12.5 Å². The molecular formula is C15H15BrClNO3S. The molecule has 118 valence electrons. The monoisotopic (exact) mass is 403 g/mol. The quantitative estimate of drug-likeness (QED) is 0.792. The van der Waals surface area contributed by atoms with Crippen molar-refractivity contribution < 1.29 is 13.2 Å². The van der Waals surface area contributed by atoms with Crippen LogP contribution in [-0.4, -0.2) is 15.0 Å². The van der Waals surface area contributed by atoms with Crippen LogP contribution in [0.4, 0.5) is 0 Å². The highest BCUT2D eigenvalue weighted by Crippen LogP contribution is 2.28. The Morgan fingerprint density at radius 1 is 1.23 bits per heavy atom. The van der Waals surface area contributed by atoms with Gasteiger partial charge in [-0.25, -0.2) is 13.1 Å². The lowest BCUT2D eigenvalue weighted by molar-refractivity contribution is 0.337. The number of nitrogens with one attached hydrogen (secondary N) is 1. The summed E-state index contributed by atoms with van der Waals surface area (Å²) in [7, 11) is -3.64. The maximum atomic E-state index is 12.4. The Morgan fingerprint density at radius 3 is 2.64 bits per heavy atom. The molecule has 0 spiro atoms. The SMILES string of the molecule is CCOc1cc(S(=O)(=O)NCc2ccccc2Cl)ccc1Br. The van der Waals surface area contributed by atoms with Gasteiger partial charge in [0.1, 0.15) is 5.75 Å². The van der Waals surface area contributed by atoms with Crippen molar-refractivity contribution in [2.45, 2.75) is 18.4 Å². The molecule has 0 heterocycles. The Morgan fingerprint density at radius 2 is 1.95 bits per heavy atom. The predicted molar refractivity (Wildman–Crippen MR) is 90.8 cm³/mol. The molecule has 0 aliphatic heterocycles. The van der Waals surface area contributed by atoms with Gasteiger partial charge in [0.2, 0.25) is 10.0 Å². The number of halogens is 2. The van der Waals surface area contributed by atoms with E-state index >= 15 is 0 Å². The zero-order valence-electron chi connectivity index (χ0n) is 11.8. The molecule has 0 atom stereocenters. The van der Waals surface area contributed by atoms with Crippen LogP contribution >= 0.6 is 27.5 Å². The van der Waals surface area contributed by atoms with E-state index < -0.39 is 10.0 Å². The molecule has 4 nitrogen and oxygen atoms in total. The van der Waals surface area contributed by atoms with E-state index in [1.165, 1.54) is 12.1 Å². The molecule has 1 N–H and O–H groups in total. The summed E-state index contributed by atoms with van der Waals surface area (Å²) in [6.45, 7) is 2.42. The Labute approximate surface area is 143 Å². The van der Waals surface area contributed by atoms with Crippen LogP contribution < -0.4 is 9.46 Å². The van der Waals surface area contributed by atoms with Crippen molar-refractivity contribution in [1.82, 2.24) is 4.72 Å². The summed E-state index contributed by atoms with van der Waals surface area (Å²) < 4.78 is 33.4. The van der Waals surface area contributed by atoms with Crippen molar-refractivity contribution in [1.29, 1.82) is 0 Å². The first-order valence-electron chi connectivity index (χ1n) is 6.59. The van der Waals surface area contributed by atoms with Crippen molar-refractivity contribution >= 4 is 37.6 Å². The highest BCUT2D eigenvalue weighted by Gasteiger charge is 2.16. The highest BCUT2D eigenvalue weighted by atomic mass is 79.9. The lowest BCUT2D eigenvalue weighted by Crippen LogP contribution is -2.23. The van der Waals surface area contributed by atoms with Crippen LogP contribution in [0.15, 0.2) is 51.8 Å². The van der Waals surface area contributed by atoms with E-state index in [1.54, 1.807) is 24.3 Å². The summed E-state index contributed by atoms with van der Waals surface area (Å²) in [5, 5.41) is 0.524. The minimum atomic E-state index is -3.64. The lowest BCUT2D eigenvalue weighted by atomic mass is 10.2. The fourth-order valence-electron chi connectivity index (χ4n) is 1.81. The van der Waals surface area contributed by atoms with E-state index in [0.29, 0.717) is 21.9 Å². The summed E-state index contributed by atoms with van der Waals surface area (Å²) in [6.07, 6.45) is 0. The van der Waals surface area contributed by atoms with Gasteiger partial charge in [-0.15, -0.1) is 0 Å². The molecule has 2 rings (SSSR count). The van der Waals surface area contributed by atoms with E-state index in [4.69, 9.17) is 16.3 Å². The largest absolute Gasteiger partial charge is 0.493 e. The van der Waals surface area contributed by atoms with Gasteiger partial charge in [0, 0.05) is 17.6 Å². The van der Waals surface area contributed by atoms with Crippen molar-refractivity contribution in [3.8, 4) is 5.75 Å². The second-order valence-electron chi connectivity index (χ2n) is 4.44. The average Bonchev–Trinajstić information content (AvgIpc) is 2.49. The van der Waals surface area contributed by atoms with Gasteiger partial charge in [0.25, 0.3) is 0 Å². The minimum absolute atomic E-state index is 0.127. The maximum Gasteiger partial charge on any atom is 0.241 e. The van der Waals surface area contributed by atoms with Crippen molar-refractivity contribution in [3.05, 3.63) is 57.5 Å². The van der Waals surface area contributed by atoms with Gasteiger partial charge in [0.15, 0.2) is 0 Å². The van der Waals surface area contributed by atoms with Gasteiger partial charge < -0.3 is 4.74 Å². The molecule has 0 aromatic heterocycles. The lowest BCUT2D eigenvalue weighted by Gasteiger charge is -2.11. The second-order valence-corrected chi connectivity index (χ2v) is 7.47. The Kier molecular flexibility index (Phi) is 5.86. The van der Waals surface area contributed by atoms with Gasteiger partial charge in [-0.1, -0.05) is 29.8 Å². The molecule has 2 aromatic rings. The van der Waals surface area contributed by atoms with Gasteiger partial charge in [-0.2, -0.15) is 0 Å². The summed E-state index contributed by atoms with van der Waals surface area (Å²) in [5.74, 6) is 0.489. The van der Waals surface area contributed by atoms with E-state index in [0.717, 1.165) is 5.56 Å². The van der Waals surface area contributed by atoms with E-state index in [-0.39, 0.29) is 11.4 Å². The van der Waals surface area contributed by atoms with Crippen LogP contribution in [0.3, 0.4) is 0 Å². The molecule has 0 saturated carbocycles. The second kappa shape index (κ2) is 7.46. The summed E-state index contributed by atoms with van der Waals surface area (Å²) in [6, 6.07) is 11.8. The molecule has 22 heavy (non-hydrogen) atoms. The molecule has 0 saturated heterocycles. The summed E-state index contributed by atoms with van der Waals surface area (Å²) >= 11 is 9.35. The number of hydrogen-bond acceptors (Lipinski definition) is 3. The standard InChI is InChI=1S/C15H15BrClNO3S/c1-2-21-15-9-12(7-8-13(15)16)22(19,20)18-10-11-5-3-4-6-14(11)17/h3-9,18H,2,10H2,1H3. The molecule has 7 heteroatoms. The molecule has 0 bridgehead atoms. The zero-order chi connectivity index (χ0) is 16.2. The van der Waals surface area contributed by atoms with Crippen LogP contribution in [0.25, 0.3) is 0 Å². The topological polar surface area (TPSA) is 55.4 Å². The number of sulfonamides is 1. The maximum absolute atomic E-state index is 12.4. The predicted octanol–water partition coefficient (Wildman–Crippen LogP) is 3.98. The molecule has 0 radical (unpaired) electrons. The molecule has 0 aliphatic rings. The molecule has 0 aliphatic carbocycles. The highest BCUT2D eigenvalue weighted by molar-refractivity contribution is 9.10. The average molecular weight is 405 g/mol. The van der Waals surface area contributed by atoms with Crippen molar-refractivity contribution in [3.63, 3.8) is 0 Å². The van der Waals surface area contributed by atoms with Crippen LogP contribution in [0.2, 0.25) is 5.02 Å². The first kappa shape index (κ1) is 17.3. The summed E-state index contributed by atoms with van der Waals surface area (Å²) in [4.78, 5) is 0.145. The molecule has 0 fully saturated rings.